The van der Waals surface area contributed by atoms with Crippen molar-refractivity contribution in [2.75, 3.05) is 11.9 Å². The highest BCUT2D eigenvalue weighted by Crippen LogP contribution is 2.20. The standard InChI is InChI=1S/C15H14FN3O5S/c1-2-17-25(23,24)12-6-7-14(16)13(9-12)15(20)18-10-4-3-5-11(8-10)19(21)22/h3-9,17H,2H2,1H3,(H,18,20). The van der Waals surface area contributed by atoms with E-state index >= 15 is 0 Å². The Balaban J connectivity index is 2.33. The zero-order valence-electron chi connectivity index (χ0n) is 13.0. The molecule has 0 aliphatic carbocycles. The predicted molar refractivity (Wildman–Crippen MR) is 88.3 cm³/mol. The molecule has 2 N–H and O–H groups in total. The lowest BCUT2D eigenvalue weighted by Gasteiger charge is -2.09. The summed E-state index contributed by atoms with van der Waals surface area (Å²) in [5.74, 6) is -1.84. The maximum Gasteiger partial charge on any atom is 0.271 e. The molecule has 132 valence electrons. The molecule has 2 rings (SSSR count). The van der Waals surface area contributed by atoms with Crippen molar-refractivity contribution >= 4 is 27.3 Å². The van der Waals surface area contributed by atoms with E-state index in [2.05, 4.69) is 10.0 Å². The number of halogens is 1. The van der Waals surface area contributed by atoms with Crippen LogP contribution in [0.4, 0.5) is 15.8 Å². The average molecular weight is 367 g/mol. The van der Waals surface area contributed by atoms with E-state index in [-0.39, 0.29) is 22.8 Å². The molecule has 0 saturated carbocycles. The molecule has 0 aliphatic rings. The Morgan fingerprint density at radius 1 is 1.24 bits per heavy atom. The number of amides is 1. The van der Waals surface area contributed by atoms with E-state index < -0.39 is 32.2 Å². The molecule has 0 radical (unpaired) electrons. The van der Waals surface area contributed by atoms with Crippen LogP contribution in [-0.4, -0.2) is 25.8 Å². The van der Waals surface area contributed by atoms with Gasteiger partial charge in [-0.05, 0) is 24.3 Å². The summed E-state index contributed by atoms with van der Waals surface area (Å²) in [7, 11) is -3.86. The van der Waals surface area contributed by atoms with Crippen LogP contribution in [-0.2, 0) is 10.0 Å². The summed E-state index contributed by atoms with van der Waals surface area (Å²) in [5.41, 5.74) is -0.661. The second-order valence-electron chi connectivity index (χ2n) is 4.90. The minimum Gasteiger partial charge on any atom is -0.322 e. The fourth-order valence-electron chi connectivity index (χ4n) is 2.01. The largest absolute Gasteiger partial charge is 0.322 e. The molecular formula is C15H14FN3O5S. The first kappa shape index (κ1) is 18.5. The Kier molecular flexibility index (Phi) is 5.45. The molecule has 0 saturated heterocycles. The molecule has 25 heavy (non-hydrogen) atoms. The Hall–Kier alpha value is -2.85. The second kappa shape index (κ2) is 7.36. The van der Waals surface area contributed by atoms with Gasteiger partial charge in [0.25, 0.3) is 11.6 Å². The SMILES string of the molecule is CCNS(=O)(=O)c1ccc(F)c(C(=O)Nc2cccc([N+](=O)[O-])c2)c1. The Morgan fingerprint density at radius 2 is 1.96 bits per heavy atom. The van der Waals surface area contributed by atoms with Gasteiger partial charge in [0.1, 0.15) is 5.82 Å². The molecule has 0 aliphatic heterocycles. The number of carbonyl (C=O) groups is 1. The highest BCUT2D eigenvalue weighted by molar-refractivity contribution is 7.89. The monoisotopic (exact) mass is 367 g/mol. The topological polar surface area (TPSA) is 118 Å². The van der Waals surface area contributed by atoms with E-state index in [1.54, 1.807) is 6.92 Å². The van der Waals surface area contributed by atoms with Crippen molar-refractivity contribution in [1.29, 1.82) is 0 Å². The van der Waals surface area contributed by atoms with Crippen molar-refractivity contribution in [3.05, 3.63) is 64.0 Å². The lowest BCUT2D eigenvalue weighted by Crippen LogP contribution is -2.24. The van der Waals surface area contributed by atoms with Crippen molar-refractivity contribution in [2.24, 2.45) is 0 Å². The van der Waals surface area contributed by atoms with E-state index in [1.807, 2.05) is 0 Å². The number of carbonyl (C=O) groups excluding carboxylic acids is 1. The van der Waals surface area contributed by atoms with Crippen molar-refractivity contribution in [3.63, 3.8) is 0 Å². The number of sulfonamides is 1. The minimum absolute atomic E-state index is 0.0820. The summed E-state index contributed by atoms with van der Waals surface area (Å²) in [6, 6.07) is 7.90. The van der Waals surface area contributed by atoms with Crippen LogP contribution in [0.25, 0.3) is 0 Å². The molecule has 0 bridgehead atoms. The zero-order chi connectivity index (χ0) is 18.6. The number of hydrogen-bond donors (Lipinski definition) is 2. The molecule has 8 nitrogen and oxygen atoms in total. The Bertz CT molecular complexity index is 931. The molecule has 0 unspecified atom stereocenters. The summed E-state index contributed by atoms with van der Waals surface area (Å²) in [4.78, 5) is 22.1. The lowest BCUT2D eigenvalue weighted by atomic mass is 10.2. The van der Waals surface area contributed by atoms with Crippen LogP contribution in [0, 0.1) is 15.9 Å². The number of nitro benzene ring substituents is 1. The van der Waals surface area contributed by atoms with Crippen molar-refractivity contribution in [2.45, 2.75) is 11.8 Å². The number of non-ortho nitro benzene ring substituents is 1. The van der Waals surface area contributed by atoms with E-state index in [0.717, 1.165) is 24.3 Å². The van der Waals surface area contributed by atoms with Crippen molar-refractivity contribution in [3.8, 4) is 0 Å². The molecule has 1 amide bonds. The summed E-state index contributed by atoms with van der Waals surface area (Å²) in [6.07, 6.45) is 0. The van der Waals surface area contributed by atoms with Crippen molar-refractivity contribution < 1.29 is 22.5 Å². The van der Waals surface area contributed by atoms with Crippen molar-refractivity contribution in [1.82, 2.24) is 4.72 Å². The van der Waals surface area contributed by atoms with Gasteiger partial charge in [-0.2, -0.15) is 0 Å². The Labute approximate surface area is 142 Å². The van der Waals surface area contributed by atoms with Gasteiger partial charge in [-0.3, -0.25) is 14.9 Å². The van der Waals surface area contributed by atoms with Crippen LogP contribution < -0.4 is 10.0 Å². The molecule has 0 aromatic heterocycles. The number of hydrogen-bond acceptors (Lipinski definition) is 5. The minimum atomic E-state index is -3.86. The average Bonchev–Trinajstić information content (AvgIpc) is 2.55. The number of nitrogens with zero attached hydrogens (tertiary/aromatic N) is 1. The number of nitro groups is 1. The van der Waals surface area contributed by atoms with Crippen LogP contribution in [0.1, 0.15) is 17.3 Å². The number of anilines is 1. The number of benzene rings is 2. The quantitative estimate of drug-likeness (QED) is 0.600. The Morgan fingerprint density at radius 3 is 2.60 bits per heavy atom. The normalized spacial score (nSPS) is 11.1. The van der Waals surface area contributed by atoms with Gasteiger partial charge in [0.05, 0.1) is 15.4 Å². The first-order valence-corrected chi connectivity index (χ1v) is 8.58. The molecule has 0 spiro atoms. The van der Waals surface area contributed by atoms with Crippen LogP contribution in [0.5, 0.6) is 0 Å². The van der Waals surface area contributed by atoms with Gasteiger partial charge >= 0.3 is 0 Å². The van der Waals surface area contributed by atoms with E-state index in [0.29, 0.717) is 0 Å². The maximum absolute atomic E-state index is 13.9. The first-order valence-electron chi connectivity index (χ1n) is 7.09. The number of nitrogens with one attached hydrogen (secondary N) is 2. The second-order valence-corrected chi connectivity index (χ2v) is 6.67. The van der Waals surface area contributed by atoms with Gasteiger partial charge in [0.15, 0.2) is 0 Å². The summed E-state index contributed by atoms with van der Waals surface area (Å²) in [6.45, 7) is 1.71. The third-order valence-corrected chi connectivity index (χ3v) is 4.69. The van der Waals surface area contributed by atoms with Crippen LogP contribution >= 0.6 is 0 Å². The zero-order valence-corrected chi connectivity index (χ0v) is 13.8. The summed E-state index contributed by atoms with van der Waals surface area (Å²) >= 11 is 0. The predicted octanol–water partition coefficient (Wildman–Crippen LogP) is 2.28. The first-order chi connectivity index (χ1) is 11.7. The highest BCUT2D eigenvalue weighted by Gasteiger charge is 2.19. The lowest BCUT2D eigenvalue weighted by molar-refractivity contribution is -0.384. The van der Waals surface area contributed by atoms with Crippen LogP contribution in [0.15, 0.2) is 47.4 Å². The molecular weight excluding hydrogens is 353 g/mol. The van der Waals surface area contributed by atoms with Gasteiger partial charge in [0, 0.05) is 24.4 Å². The van der Waals surface area contributed by atoms with E-state index in [1.165, 1.54) is 18.2 Å². The smallest absolute Gasteiger partial charge is 0.271 e. The van der Waals surface area contributed by atoms with Gasteiger partial charge in [-0.15, -0.1) is 0 Å². The molecule has 2 aromatic carbocycles. The van der Waals surface area contributed by atoms with Gasteiger partial charge in [0.2, 0.25) is 10.0 Å². The fraction of sp³-hybridized carbons (Fsp3) is 0.133. The molecule has 0 atom stereocenters. The molecule has 0 heterocycles. The van der Waals surface area contributed by atoms with Gasteiger partial charge < -0.3 is 5.32 Å². The van der Waals surface area contributed by atoms with Crippen LogP contribution in [0.2, 0.25) is 0 Å². The van der Waals surface area contributed by atoms with E-state index in [9.17, 15) is 27.7 Å². The highest BCUT2D eigenvalue weighted by atomic mass is 32.2. The van der Waals surface area contributed by atoms with E-state index in [4.69, 9.17) is 0 Å². The fourth-order valence-corrected chi connectivity index (χ4v) is 3.08. The van der Waals surface area contributed by atoms with Gasteiger partial charge in [-0.25, -0.2) is 17.5 Å². The van der Waals surface area contributed by atoms with Gasteiger partial charge in [-0.1, -0.05) is 13.0 Å². The third kappa shape index (κ3) is 4.37. The van der Waals surface area contributed by atoms with Crippen LogP contribution in [0.3, 0.4) is 0 Å². The summed E-state index contributed by atoms with van der Waals surface area (Å²) < 4.78 is 40.1. The number of rotatable bonds is 6. The third-order valence-electron chi connectivity index (χ3n) is 3.14. The maximum atomic E-state index is 13.9. The molecule has 2 aromatic rings. The molecule has 0 fully saturated rings. The summed E-state index contributed by atoms with van der Waals surface area (Å²) in [5, 5.41) is 13.0. The molecule has 10 heteroatoms.